The maximum absolute atomic E-state index is 12.2. The number of carbonyl (C=O) groups excluding carboxylic acids is 1. The van der Waals surface area contributed by atoms with E-state index in [2.05, 4.69) is 17.2 Å². The smallest absolute Gasteiger partial charge is 0.223 e. The van der Waals surface area contributed by atoms with Gasteiger partial charge in [-0.3, -0.25) is 4.79 Å². The number of thiophene rings is 1. The van der Waals surface area contributed by atoms with E-state index < -0.39 is 0 Å². The molecule has 0 aromatic carbocycles. The number of nitrogens with one attached hydrogen (secondary N) is 1. The van der Waals surface area contributed by atoms with E-state index in [0.717, 1.165) is 23.3 Å². The van der Waals surface area contributed by atoms with Crippen LogP contribution in [0.2, 0.25) is 0 Å². The van der Waals surface area contributed by atoms with Crippen molar-refractivity contribution in [1.29, 1.82) is 0 Å². The van der Waals surface area contributed by atoms with Gasteiger partial charge in [-0.25, -0.2) is 0 Å². The Labute approximate surface area is 130 Å². The van der Waals surface area contributed by atoms with Gasteiger partial charge < -0.3 is 10.4 Å². The molecule has 2 rings (SSSR count). The molecule has 2 N–H and O–H groups in total. The van der Waals surface area contributed by atoms with Crippen LogP contribution in [-0.4, -0.2) is 17.6 Å². The van der Waals surface area contributed by atoms with E-state index in [-0.39, 0.29) is 18.4 Å². The van der Waals surface area contributed by atoms with Gasteiger partial charge in [-0.1, -0.05) is 43.9 Å². The number of hydrogen-bond donors (Lipinski definition) is 2. The van der Waals surface area contributed by atoms with Crippen LogP contribution in [0.1, 0.15) is 55.4 Å². The van der Waals surface area contributed by atoms with Gasteiger partial charge in [0, 0.05) is 21.7 Å². The first kappa shape index (κ1) is 16.1. The Hall–Kier alpha value is -1.31. The zero-order valence-corrected chi connectivity index (χ0v) is 13.2. The van der Waals surface area contributed by atoms with Crippen LogP contribution in [0.5, 0.6) is 0 Å². The second-order valence-corrected chi connectivity index (χ2v) is 6.52. The van der Waals surface area contributed by atoms with E-state index >= 15 is 0 Å². The standard InChI is InChI=1S/C17H23NO2S/c19-10-6-7-14-11-16(21-13-14)12-18-17(20)15-8-4-2-1-3-5-9-15/h11,13,15,19H,1-5,8-10,12H2,(H,18,20). The molecule has 0 radical (unpaired) electrons. The Morgan fingerprint density at radius 3 is 2.71 bits per heavy atom. The van der Waals surface area contributed by atoms with E-state index in [9.17, 15) is 4.79 Å². The van der Waals surface area contributed by atoms with Crippen molar-refractivity contribution in [1.82, 2.24) is 5.32 Å². The van der Waals surface area contributed by atoms with Crippen LogP contribution in [0.4, 0.5) is 0 Å². The molecule has 114 valence electrons. The van der Waals surface area contributed by atoms with Crippen LogP contribution in [0.3, 0.4) is 0 Å². The Bertz CT molecular complexity index is 504. The molecule has 1 aliphatic carbocycles. The maximum atomic E-state index is 12.2. The fourth-order valence-corrected chi connectivity index (χ4v) is 3.47. The predicted octanol–water partition coefficient (Wildman–Crippen LogP) is 3.07. The molecule has 1 heterocycles. The monoisotopic (exact) mass is 305 g/mol. The molecular formula is C17H23NO2S. The third-order valence-electron chi connectivity index (χ3n) is 3.88. The number of hydrogen-bond acceptors (Lipinski definition) is 3. The molecule has 0 spiro atoms. The summed E-state index contributed by atoms with van der Waals surface area (Å²) in [5.74, 6) is 5.91. The summed E-state index contributed by atoms with van der Waals surface area (Å²) in [6.07, 6.45) is 8.27. The molecule has 21 heavy (non-hydrogen) atoms. The van der Waals surface area contributed by atoms with Gasteiger partial charge >= 0.3 is 0 Å². The van der Waals surface area contributed by atoms with Gasteiger partial charge in [-0.2, -0.15) is 0 Å². The first-order valence-electron chi connectivity index (χ1n) is 7.74. The molecule has 1 saturated carbocycles. The Balaban J connectivity index is 1.81. The summed E-state index contributed by atoms with van der Waals surface area (Å²) in [4.78, 5) is 13.4. The minimum atomic E-state index is -0.121. The van der Waals surface area contributed by atoms with Crippen LogP contribution in [-0.2, 0) is 11.3 Å². The molecule has 0 saturated heterocycles. The highest BCUT2D eigenvalue weighted by Gasteiger charge is 2.18. The third kappa shape index (κ3) is 5.53. The Kier molecular flexibility index (Phi) is 6.78. The van der Waals surface area contributed by atoms with Gasteiger partial charge in [0.25, 0.3) is 0 Å². The van der Waals surface area contributed by atoms with Crippen molar-refractivity contribution in [3.8, 4) is 11.8 Å². The lowest BCUT2D eigenvalue weighted by Crippen LogP contribution is -2.30. The van der Waals surface area contributed by atoms with Crippen LogP contribution < -0.4 is 5.32 Å². The molecule has 1 amide bonds. The Morgan fingerprint density at radius 1 is 1.29 bits per heavy atom. The average molecular weight is 305 g/mol. The largest absolute Gasteiger partial charge is 0.384 e. The summed E-state index contributed by atoms with van der Waals surface area (Å²) in [5, 5.41) is 13.7. The second-order valence-electron chi connectivity index (χ2n) is 5.52. The lowest BCUT2D eigenvalue weighted by atomic mass is 9.90. The molecule has 0 bridgehead atoms. The minimum absolute atomic E-state index is 0.121. The molecule has 3 nitrogen and oxygen atoms in total. The molecule has 1 aromatic rings. The summed E-state index contributed by atoms with van der Waals surface area (Å²) >= 11 is 1.60. The highest BCUT2D eigenvalue weighted by atomic mass is 32.1. The zero-order chi connectivity index (χ0) is 14.9. The highest BCUT2D eigenvalue weighted by molar-refractivity contribution is 7.10. The fourth-order valence-electron chi connectivity index (χ4n) is 2.72. The van der Waals surface area contributed by atoms with Crippen molar-refractivity contribution in [3.63, 3.8) is 0 Å². The maximum Gasteiger partial charge on any atom is 0.223 e. The van der Waals surface area contributed by atoms with Gasteiger partial charge in [0.15, 0.2) is 0 Å². The first-order chi connectivity index (χ1) is 10.3. The van der Waals surface area contributed by atoms with E-state index in [0.29, 0.717) is 6.54 Å². The molecule has 4 heteroatoms. The van der Waals surface area contributed by atoms with Gasteiger partial charge in [0.1, 0.15) is 6.61 Å². The SMILES string of the molecule is O=C(NCc1cc(C#CCO)cs1)C1CCCCCCC1. The summed E-state index contributed by atoms with van der Waals surface area (Å²) < 4.78 is 0. The quantitative estimate of drug-likeness (QED) is 0.843. The molecule has 0 atom stereocenters. The van der Waals surface area contributed by atoms with E-state index in [1.165, 1.54) is 32.1 Å². The lowest BCUT2D eigenvalue weighted by Gasteiger charge is -2.18. The van der Waals surface area contributed by atoms with Crippen LogP contribution in [0, 0.1) is 17.8 Å². The summed E-state index contributed by atoms with van der Waals surface area (Å²) in [6, 6.07) is 1.98. The number of rotatable bonds is 3. The van der Waals surface area contributed by atoms with Gasteiger partial charge in [0.2, 0.25) is 5.91 Å². The number of amides is 1. The van der Waals surface area contributed by atoms with Crippen molar-refractivity contribution in [2.45, 2.75) is 51.5 Å². The molecule has 1 fully saturated rings. The topological polar surface area (TPSA) is 49.3 Å². The molecule has 1 aliphatic rings. The molecule has 0 aliphatic heterocycles. The van der Waals surface area contributed by atoms with Crippen LogP contribution in [0.25, 0.3) is 0 Å². The van der Waals surface area contributed by atoms with Crippen molar-refractivity contribution in [2.24, 2.45) is 5.92 Å². The fraction of sp³-hybridized carbons (Fsp3) is 0.588. The van der Waals surface area contributed by atoms with E-state index in [1.807, 2.05) is 11.4 Å². The minimum Gasteiger partial charge on any atom is -0.384 e. The summed E-state index contributed by atoms with van der Waals surface area (Å²) in [7, 11) is 0. The molecule has 0 unspecified atom stereocenters. The van der Waals surface area contributed by atoms with E-state index in [4.69, 9.17) is 5.11 Å². The summed E-state index contributed by atoms with van der Waals surface area (Å²) in [6.45, 7) is 0.463. The van der Waals surface area contributed by atoms with Crippen molar-refractivity contribution in [2.75, 3.05) is 6.61 Å². The van der Waals surface area contributed by atoms with Gasteiger partial charge in [-0.05, 0) is 18.9 Å². The van der Waals surface area contributed by atoms with Crippen molar-refractivity contribution >= 4 is 17.2 Å². The molecule has 1 aromatic heterocycles. The van der Waals surface area contributed by atoms with Crippen molar-refractivity contribution < 1.29 is 9.90 Å². The zero-order valence-electron chi connectivity index (χ0n) is 12.4. The number of carbonyl (C=O) groups is 1. The Morgan fingerprint density at radius 2 is 2.00 bits per heavy atom. The van der Waals surface area contributed by atoms with Gasteiger partial charge in [-0.15, -0.1) is 11.3 Å². The number of aliphatic hydroxyl groups is 1. The van der Waals surface area contributed by atoms with Crippen molar-refractivity contribution in [3.05, 3.63) is 21.9 Å². The lowest BCUT2D eigenvalue weighted by molar-refractivity contribution is -0.125. The normalized spacial score (nSPS) is 16.4. The third-order valence-corrected chi connectivity index (χ3v) is 4.82. The number of aliphatic hydroxyl groups excluding tert-OH is 1. The predicted molar refractivity (Wildman–Crippen MR) is 85.9 cm³/mol. The van der Waals surface area contributed by atoms with Crippen LogP contribution in [0.15, 0.2) is 11.4 Å². The average Bonchev–Trinajstić information content (AvgIpc) is 2.90. The highest BCUT2D eigenvalue weighted by Crippen LogP contribution is 2.22. The molecular weight excluding hydrogens is 282 g/mol. The summed E-state index contributed by atoms with van der Waals surface area (Å²) in [5.41, 5.74) is 0.907. The second kappa shape index (κ2) is 8.86. The first-order valence-corrected chi connectivity index (χ1v) is 8.62. The van der Waals surface area contributed by atoms with Gasteiger partial charge in [0.05, 0.1) is 6.54 Å². The van der Waals surface area contributed by atoms with E-state index in [1.54, 1.807) is 11.3 Å². The van der Waals surface area contributed by atoms with Crippen LogP contribution >= 0.6 is 11.3 Å².